The Morgan fingerprint density at radius 1 is 1.14 bits per heavy atom. The third kappa shape index (κ3) is 3.92. The van der Waals surface area contributed by atoms with E-state index in [0.29, 0.717) is 40.2 Å². The van der Waals surface area contributed by atoms with Crippen LogP contribution in [0.25, 0.3) is 11.0 Å². The third-order valence-electron chi connectivity index (χ3n) is 6.33. The fraction of sp³-hybridized carbons (Fsp3) is 0.207. The summed E-state index contributed by atoms with van der Waals surface area (Å²) >= 11 is 0. The Morgan fingerprint density at radius 3 is 2.69 bits per heavy atom. The van der Waals surface area contributed by atoms with Gasteiger partial charge in [-0.1, -0.05) is 30.9 Å². The van der Waals surface area contributed by atoms with Crippen LogP contribution >= 0.6 is 0 Å². The lowest BCUT2D eigenvalue weighted by molar-refractivity contribution is 0.0714. The Morgan fingerprint density at radius 2 is 1.97 bits per heavy atom. The number of rotatable bonds is 7. The standard InChI is InChI=1S/C29H26N2O5/c1-5-11-35-22-9-8-20(14-23(22)34-4)25-24-26(32)21-13-17(2)12-18(3)27(21)36-28(24)29(33)31(25)16-19-7-6-10-30-15-19/h5-10,12-15,25H,1,11,16H2,2-4H3. The van der Waals surface area contributed by atoms with E-state index >= 15 is 0 Å². The van der Waals surface area contributed by atoms with Crippen molar-refractivity contribution in [1.29, 1.82) is 0 Å². The monoisotopic (exact) mass is 482 g/mol. The number of ether oxygens (including phenoxy) is 2. The molecule has 1 amide bonds. The molecule has 5 rings (SSSR count). The predicted molar refractivity (Wildman–Crippen MR) is 137 cm³/mol. The van der Waals surface area contributed by atoms with Crippen LogP contribution in [-0.2, 0) is 6.54 Å². The summed E-state index contributed by atoms with van der Waals surface area (Å²) in [6, 6.07) is 12.2. The van der Waals surface area contributed by atoms with Crippen molar-refractivity contribution in [2.45, 2.75) is 26.4 Å². The van der Waals surface area contributed by atoms with E-state index in [-0.39, 0.29) is 23.6 Å². The number of pyridine rings is 1. The Bertz CT molecular complexity index is 1540. The van der Waals surface area contributed by atoms with Gasteiger partial charge in [-0.15, -0.1) is 0 Å². The number of aryl methyl sites for hydroxylation is 2. The molecule has 3 heterocycles. The molecular formula is C29H26N2O5. The third-order valence-corrected chi connectivity index (χ3v) is 6.33. The zero-order valence-electron chi connectivity index (χ0n) is 20.4. The van der Waals surface area contributed by atoms with Gasteiger partial charge < -0.3 is 18.8 Å². The topological polar surface area (TPSA) is 81.9 Å². The first-order chi connectivity index (χ1) is 17.4. The predicted octanol–water partition coefficient (Wildman–Crippen LogP) is 5.12. The van der Waals surface area contributed by atoms with Gasteiger partial charge in [0.2, 0.25) is 5.76 Å². The lowest BCUT2D eigenvalue weighted by Crippen LogP contribution is -2.29. The SMILES string of the molecule is C=CCOc1ccc(C2c3c(oc4c(C)cc(C)cc4c3=O)C(=O)N2Cc2cccnc2)cc1OC. The quantitative estimate of drug-likeness (QED) is 0.340. The molecule has 2 aromatic heterocycles. The molecule has 4 aromatic rings. The second-order valence-electron chi connectivity index (χ2n) is 8.84. The van der Waals surface area contributed by atoms with E-state index in [1.165, 1.54) is 0 Å². The van der Waals surface area contributed by atoms with Gasteiger partial charge >= 0.3 is 0 Å². The first-order valence-corrected chi connectivity index (χ1v) is 11.6. The van der Waals surface area contributed by atoms with Crippen LogP contribution in [0.4, 0.5) is 0 Å². The molecule has 1 aliphatic rings. The smallest absolute Gasteiger partial charge is 0.291 e. The Labute approximate surface area is 208 Å². The Kier molecular flexibility index (Phi) is 6.06. The first kappa shape index (κ1) is 23.4. The lowest BCUT2D eigenvalue weighted by Gasteiger charge is -2.25. The van der Waals surface area contributed by atoms with E-state index in [1.54, 1.807) is 42.6 Å². The van der Waals surface area contributed by atoms with E-state index in [2.05, 4.69) is 11.6 Å². The van der Waals surface area contributed by atoms with E-state index < -0.39 is 6.04 Å². The minimum atomic E-state index is -0.670. The summed E-state index contributed by atoms with van der Waals surface area (Å²) in [4.78, 5) is 33.5. The van der Waals surface area contributed by atoms with Crippen molar-refractivity contribution in [3.8, 4) is 11.5 Å². The number of carbonyl (C=O) groups excluding carboxylic acids is 1. The van der Waals surface area contributed by atoms with Gasteiger partial charge in [0.1, 0.15) is 12.2 Å². The molecule has 0 saturated carbocycles. The minimum Gasteiger partial charge on any atom is -0.493 e. The molecule has 0 N–H and O–H groups in total. The number of benzene rings is 2. The molecule has 0 spiro atoms. The largest absolute Gasteiger partial charge is 0.493 e. The van der Waals surface area contributed by atoms with Crippen molar-refractivity contribution in [3.05, 3.63) is 111 Å². The van der Waals surface area contributed by atoms with Gasteiger partial charge in [-0.25, -0.2) is 0 Å². The zero-order chi connectivity index (χ0) is 25.4. The number of fused-ring (bicyclic) bond motifs is 2. The highest BCUT2D eigenvalue weighted by atomic mass is 16.5. The molecule has 1 unspecified atom stereocenters. The van der Waals surface area contributed by atoms with Gasteiger partial charge in [-0.05, 0) is 60.4 Å². The number of methoxy groups -OCH3 is 1. The summed E-state index contributed by atoms with van der Waals surface area (Å²) in [7, 11) is 1.55. The number of aromatic nitrogens is 1. The molecule has 1 aliphatic heterocycles. The summed E-state index contributed by atoms with van der Waals surface area (Å²) < 4.78 is 17.4. The molecule has 0 radical (unpaired) electrons. The highest BCUT2D eigenvalue weighted by Gasteiger charge is 2.43. The van der Waals surface area contributed by atoms with Gasteiger partial charge in [0.15, 0.2) is 16.9 Å². The second-order valence-corrected chi connectivity index (χ2v) is 8.84. The molecule has 0 saturated heterocycles. The van der Waals surface area contributed by atoms with Crippen LogP contribution in [-0.4, -0.2) is 29.5 Å². The molecule has 36 heavy (non-hydrogen) atoms. The summed E-state index contributed by atoms with van der Waals surface area (Å²) in [6.45, 7) is 8.07. The molecule has 0 fully saturated rings. The summed E-state index contributed by atoms with van der Waals surface area (Å²) in [5.74, 6) is 0.762. The number of hydrogen-bond acceptors (Lipinski definition) is 6. The van der Waals surface area contributed by atoms with Crippen LogP contribution in [0.15, 0.2) is 76.7 Å². The fourth-order valence-corrected chi connectivity index (χ4v) is 4.79. The molecule has 0 aliphatic carbocycles. The van der Waals surface area contributed by atoms with Crippen molar-refractivity contribution < 1.29 is 18.7 Å². The molecule has 7 heteroatoms. The molecule has 0 bridgehead atoms. The van der Waals surface area contributed by atoms with Crippen LogP contribution in [0.5, 0.6) is 11.5 Å². The van der Waals surface area contributed by atoms with Crippen molar-refractivity contribution in [3.63, 3.8) is 0 Å². The van der Waals surface area contributed by atoms with E-state index in [4.69, 9.17) is 13.9 Å². The van der Waals surface area contributed by atoms with E-state index in [1.807, 2.05) is 44.2 Å². The summed E-state index contributed by atoms with van der Waals surface area (Å²) in [5, 5.41) is 0.463. The van der Waals surface area contributed by atoms with Gasteiger partial charge in [-0.3, -0.25) is 14.6 Å². The summed E-state index contributed by atoms with van der Waals surface area (Å²) in [6.07, 6.45) is 5.03. The molecule has 1 atom stereocenters. The first-order valence-electron chi connectivity index (χ1n) is 11.6. The molecule has 182 valence electrons. The highest BCUT2D eigenvalue weighted by Crippen LogP contribution is 2.42. The van der Waals surface area contributed by atoms with Gasteiger partial charge in [0.25, 0.3) is 5.91 Å². The number of amides is 1. The normalized spacial score (nSPS) is 14.7. The maximum Gasteiger partial charge on any atom is 0.291 e. The average Bonchev–Trinajstić information content (AvgIpc) is 3.15. The fourth-order valence-electron chi connectivity index (χ4n) is 4.79. The van der Waals surface area contributed by atoms with Crippen molar-refractivity contribution in [1.82, 2.24) is 9.88 Å². The van der Waals surface area contributed by atoms with Gasteiger partial charge in [0.05, 0.1) is 24.1 Å². The molecule has 2 aromatic carbocycles. The number of hydrogen-bond donors (Lipinski definition) is 0. The Balaban J connectivity index is 1.72. The zero-order valence-corrected chi connectivity index (χ0v) is 20.4. The van der Waals surface area contributed by atoms with Gasteiger partial charge in [-0.2, -0.15) is 0 Å². The lowest BCUT2D eigenvalue weighted by atomic mass is 9.97. The molecular weight excluding hydrogens is 456 g/mol. The molecule has 7 nitrogen and oxygen atoms in total. The van der Waals surface area contributed by atoms with Crippen LogP contribution < -0.4 is 14.9 Å². The maximum atomic E-state index is 13.9. The second kappa shape index (κ2) is 9.34. The minimum absolute atomic E-state index is 0.0688. The van der Waals surface area contributed by atoms with E-state index in [0.717, 1.165) is 16.7 Å². The van der Waals surface area contributed by atoms with Crippen LogP contribution in [0.1, 0.15) is 44.4 Å². The number of nitrogens with zero attached hydrogens (tertiary/aromatic N) is 2. The van der Waals surface area contributed by atoms with Gasteiger partial charge in [0, 0.05) is 18.9 Å². The van der Waals surface area contributed by atoms with Crippen LogP contribution in [0, 0.1) is 13.8 Å². The van der Waals surface area contributed by atoms with Crippen LogP contribution in [0.3, 0.4) is 0 Å². The Hall–Kier alpha value is -4.39. The van der Waals surface area contributed by atoms with Crippen molar-refractivity contribution in [2.75, 3.05) is 13.7 Å². The summed E-state index contributed by atoms with van der Waals surface area (Å²) in [5.41, 5.74) is 3.86. The number of carbonyl (C=O) groups is 1. The van der Waals surface area contributed by atoms with E-state index in [9.17, 15) is 9.59 Å². The maximum absolute atomic E-state index is 13.9. The van der Waals surface area contributed by atoms with Crippen molar-refractivity contribution in [2.24, 2.45) is 0 Å². The van der Waals surface area contributed by atoms with Crippen LogP contribution in [0.2, 0.25) is 0 Å². The van der Waals surface area contributed by atoms with Crippen molar-refractivity contribution >= 4 is 16.9 Å². The average molecular weight is 483 g/mol. The highest BCUT2D eigenvalue weighted by molar-refractivity contribution is 5.99.